The van der Waals surface area contributed by atoms with Crippen LogP contribution in [0.15, 0.2) is 36.5 Å². The first-order valence-electron chi connectivity index (χ1n) is 9.71. The molecule has 32 heavy (non-hydrogen) atoms. The Hall–Kier alpha value is -2.65. The van der Waals surface area contributed by atoms with Crippen molar-refractivity contribution in [2.45, 2.75) is 43.4 Å². The minimum Gasteiger partial charge on any atom is -0.484 e. The SMILES string of the molecule is CC(F)(F)Oc1ccc(C(=O)NC23CC(NC(=O)COc4ccc(Cl)c(Cl)c4)(C2)C3)nc1. The molecule has 2 bridgehead atoms. The second-order valence-electron chi connectivity index (χ2n) is 8.25. The molecule has 0 spiro atoms. The zero-order valence-corrected chi connectivity index (χ0v) is 18.4. The number of aromatic nitrogens is 1. The van der Waals surface area contributed by atoms with Gasteiger partial charge in [0, 0.05) is 24.1 Å². The van der Waals surface area contributed by atoms with Gasteiger partial charge < -0.3 is 20.1 Å². The lowest BCUT2D eigenvalue weighted by Crippen LogP contribution is -2.84. The van der Waals surface area contributed by atoms with Crippen LogP contribution < -0.4 is 20.1 Å². The van der Waals surface area contributed by atoms with Crippen LogP contribution in [-0.4, -0.2) is 40.6 Å². The molecule has 2 amide bonds. The molecule has 1 heterocycles. The van der Waals surface area contributed by atoms with Crippen LogP contribution in [0.2, 0.25) is 10.0 Å². The van der Waals surface area contributed by atoms with Crippen molar-refractivity contribution in [3.8, 4) is 11.5 Å². The summed E-state index contributed by atoms with van der Waals surface area (Å²) in [5.41, 5.74) is -0.666. The summed E-state index contributed by atoms with van der Waals surface area (Å²) >= 11 is 11.8. The molecule has 170 valence electrons. The lowest BCUT2D eigenvalue weighted by Gasteiger charge is -2.70. The van der Waals surface area contributed by atoms with E-state index in [1.165, 1.54) is 18.2 Å². The van der Waals surface area contributed by atoms with E-state index in [9.17, 15) is 18.4 Å². The average Bonchev–Trinajstić information content (AvgIpc) is 2.65. The van der Waals surface area contributed by atoms with E-state index in [1.807, 2.05) is 0 Å². The minimum atomic E-state index is -3.33. The molecule has 7 nitrogen and oxygen atoms in total. The van der Waals surface area contributed by atoms with E-state index >= 15 is 0 Å². The van der Waals surface area contributed by atoms with Gasteiger partial charge in [-0.05, 0) is 43.5 Å². The standard InChI is InChI=1S/C21H19Cl2F2N3O4/c1-19(24,25)32-13-3-5-16(26-7-13)18(30)28-21-9-20(10-21,11-21)27-17(29)8-31-12-2-4-14(22)15(23)6-12/h2-7H,8-11H2,1H3,(H,27,29)(H,28,30). The normalized spacial score (nSPS) is 23.4. The number of alkyl halides is 2. The van der Waals surface area contributed by atoms with Crippen molar-refractivity contribution in [1.82, 2.24) is 15.6 Å². The molecule has 0 unspecified atom stereocenters. The molecule has 3 aliphatic carbocycles. The van der Waals surface area contributed by atoms with Crippen LogP contribution in [0.3, 0.4) is 0 Å². The summed E-state index contributed by atoms with van der Waals surface area (Å²) in [6, 6.07) is 7.31. The van der Waals surface area contributed by atoms with Crippen molar-refractivity contribution in [2.24, 2.45) is 0 Å². The molecule has 2 aromatic rings. The second kappa shape index (κ2) is 8.04. The van der Waals surface area contributed by atoms with E-state index in [0.29, 0.717) is 42.0 Å². The molecule has 5 rings (SSSR count). The van der Waals surface area contributed by atoms with E-state index in [4.69, 9.17) is 27.9 Å². The Labute approximate surface area is 192 Å². The molecule has 0 aliphatic heterocycles. The van der Waals surface area contributed by atoms with Gasteiger partial charge >= 0.3 is 6.11 Å². The largest absolute Gasteiger partial charge is 0.484 e. The van der Waals surface area contributed by atoms with Crippen LogP contribution in [-0.2, 0) is 4.79 Å². The Morgan fingerprint density at radius 2 is 1.72 bits per heavy atom. The highest BCUT2D eigenvalue weighted by molar-refractivity contribution is 6.42. The molecule has 3 saturated carbocycles. The van der Waals surface area contributed by atoms with Crippen molar-refractivity contribution >= 4 is 35.0 Å². The summed E-state index contributed by atoms with van der Waals surface area (Å²) < 4.78 is 35.6. The summed E-state index contributed by atoms with van der Waals surface area (Å²) in [5, 5.41) is 6.58. The summed E-state index contributed by atoms with van der Waals surface area (Å²) in [6.45, 7) is 0.443. The van der Waals surface area contributed by atoms with Gasteiger partial charge in [-0.3, -0.25) is 9.59 Å². The molecule has 2 N–H and O–H groups in total. The smallest absolute Gasteiger partial charge is 0.394 e. The maximum Gasteiger partial charge on any atom is 0.394 e. The Balaban J connectivity index is 1.22. The van der Waals surface area contributed by atoms with E-state index in [0.717, 1.165) is 6.20 Å². The lowest BCUT2D eigenvalue weighted by molar-refractivity contribution is -0.159. The third kappa shape index (κ3) is 4.88. The topological polar surface area (TPSA) is 89.6 Å². The number of hydrogen-bond donors (Lipinski definition) is 2. The molecular weight excluding hydrogens is 467 g/mol. The highest BCUT2D eigenvalue weighted by atomic mass is 35.5. The number of pyridine rings is 1. The van der Waals surface area contributed by atoms with Crippen LogP contribution in [0.5, 0.6) is 11.5 Å². The van der Waals surface area contributed by atoms with Gasteiger partial charge in [-0.1, -0.05) is 23.2 Å². The first kappa shape index (κ1) is 22.5. The maximum atomic E-state index is 12.9. The first-order chi connectivity index (χ1) is 15.0. The molecule has 11 heteroatoms. The third-order valence-electron chi connectivity index (χ3n) is 5.34. The van der Waals surface area contributed by atoms with Gasteiger partial charge in [0.05, 0.1) is 16.2 Å². The van der Waals surface area contributed by atoms with Gasteiger partial charge in [0.2, 0.25) is 0 Å². The van der Waals surface area contributed by atoms with Crippen molar-refractivity contribution in [3.63, 3.8) is 0 Å². The molecule has 0 saturated heterocycles. The maximum absolute atomic E-state index is 12.9. The second-order valence-corrected chi connectivity index (χ2v) is 9.06. The Kier molecular flexibility index (Phi) is 5.67. The van der Waals surface area contributed by atoms with Gasteiger partial charge in [0.25, 0.3) is 11.8 Å². The Morgan fingerprint density at radius 3 is 2.31 bits per heavy atom. The fourth-order valence-corrected chi connectivity index (χ4v) is 4.48. The van der Waals surface area contributed by atoms with Crippen molar-refractivity contribution < 1.29 is 27.8 Å². The van der Waals surface area contributed by atoms with Gasteiger partial charge in [-0.2, -0.15) is 8.78 Å². The van der Waals surface area contributed by atoms with Crippen LogP contribution in [0.1, 0.15) is 36.7 Å². The molecule has 3 fully saturated rings. The minimum absolute atomic E-state index is 0.0922. The van der Waals surface area contributed by atoms with Crippen molar-refractivity contribution in [2.75, 3.05) is 6.61 Å². The number of halogens is 4. The van der Waals surface area contributed by atoms with Crippen molar-refractivity contribution in [1.29, 1.82) is 0 Å². The zero-order chi connectivity index (χ0) is 23.1. The molecular formula is C21H19Cl2F2N3O4. The fraction of sp³-hybridized carbons (Fsp3) is 0.381. The number of hydrogen-bond acceptors (Lipinski definition) is 5. The zero-order valence-electron chi connectivity index (χ0n) is 16.9. The summed E-state index contributed by atoms with van der Waals surface area (Å²) in [4.78, 5) is 28.5. The molecule has 1 aromatic heterocycles. The number of benzene rings is 1. The van der Waals surface area contributed by atoms with Crippen LogP contribution >= 0.6 is 23.2 Å². The number of carbonyl (C=O) groups is 2. The van der Waals surface area contributed by atoms with Crippen molar-refractivity contribution in [3.05, 3.63) is 52.3 Å². The number of nitrogens with one attached hydrogen (secondary N) is 2. The number of amides is 2. The highest BCUT2D eigenvalue weighted by Gasteiger charge is 2.69. The Morgan fingerprint density at radius 1 is 1.06 bits per heavy atom. The van der Waals surface area contributed by atoms with Crippen LogP contribution in [0.25, 0.3) is 0 Å². The molecule has 3 aliphatic rings. The van der Waals surface area contributed by atoms with Gasteiger partial charge in [-0.25, -0.2) is 4.98 Å². The quantitative estimate of drug-likeness (QED) is 0.590. The van der Waals surface area contributed by atoms with E-state index < -0.39 is 17.6 Å². The van der Waals surface area contributed by atoms with Gasteiger partial charge in [-0.15, -0.1) is 0 Å². The summed E-state index contributed by atoms with van der Waals surface area (Å²) in [7, 11) is 0. The van der Waals surface area contributed by atoms with Gasteiger partial charge in [0.15, 0.2) is 6.61 Å². The lowest BCUT2D eigenvalue weighted by atomic mass is 9.44. The Bertz CT molecular complexity index is 1040. The number of carbonyl (C=O) groups excluding carboxylic acids is 2. The van der Waals surface area contributed by atoms with E-state index in [1.54, 1.807) is 12.1 Å². The number of nitrogens with zero attached hydrogens (tertiary/aromatic N) is 1. The highest BCUT2D eigenvalue weighted by Crippen LogP contribution is 2.60. The predicted octanol–water partition coefficient (Wildman–Crippen LogP) is 3.98. The van der Waals surface area contributed by atoms with E-state index in [-0.39, 0.29) is 29.5 Å². The average molecular weight is 486 g/mol. The summed E-state index contributed by atoms with van der Waals surface area (Å²) in [5.74, 6) is -0.394. The third-order valence-corrected chi connectivity index (χ3v) is 6.08. The fourth-order valence-electron chi connectivity index (χ4n) is 4.19. The number of ether oxygens (including phenoxy) is 2. The summed E-state index contributed by atoms with van der Waals surface area (Å²) in [6.07, 6.45) is -0.485. The van der Waals surface area contributed by atoms with E-state index in [2.05, 4.69) is 20.4 Å². The monoisotopic (exact) mass is 485 g/mol. The van der Waals surface area contributed by atoms with Crippen LogP contribution in [0, 0.1) is 0 Å². The predicted molar refractivity (Wildman–Crippen MR) is 112 cm³/mol. The van der Waals surface area contributed by atoms with Crippen LogP contribution in [0.4, 0.5) is 8.78 Å². The molecule has 1 aromatic carbocycles. The van der Waals surface area contributed by atoms with Gasteiger partial charge in [0.1, 0.15) is 17.2 Å². The molecule has 0 atom stereocenters. The first-order valence-corrected chi connectivity index (χ1v) is 10.5. The molecule has 0 radical (unpaired) electrons. The number of rotatable bonds is 8.